The predicted molar refractivity (Wildman–Crippen MR) is 92.5 cm³/mol. The zero-order chi connectivity index (χ0) is 16.2. The maximum atomic E-state index is 12.4. The molecule has 1 aromatic rings. The third-order valence-electron chi connectivity index (χ3n) is 4.31. The summed E-state index contributed by atoms with van der Waals surface area (Å²) in [5.41, 5.74) is 1.05. The van der Waals surface area contributed by atoms with E-state index in [0.29, 0.717) is 23.1 Å². The van der Waals surface area contributed by atoms with Gasteiger partial charge >= 0.3 is 0 Å². The van der Waals surface area contributed by atoms with Gasteiger partial charge in [-0.15, -0.1) is 0 Å². The lowest BCUT2D eigenvalue weighted by Crippen LogP contribution is -2.50. The van der Waals surface area contributed by atoms with Gasteiger partial charge in [0.15, 0.2) is 0 Å². The molecule has 0 spiro atoms. The minimum Gasteiger partial charge on any atom is -0.375 e. The van der Waals surface area contributed by atoms with Gasteiger partial charge < -0.3 is 19.9 Å². The number of ether oxygens (including phenoxy) is 1. The topological polar surface area (TPSA) is 44.8 Å². The van der Waals surface area contributed by atoms with E-state index >= 15 is 0 Å². The summed E-state index contributed by atoms with van der Waals surface area (Å²) >= 11 is 12.0. The summed E-state index contributed by atoms with van der Waals surface area (Å²) in [6.07, 6.45) is 0.462. The van der Waals surface area contributed by atoms with Crippen LogP contribution in [0.4, 0.5) is 5.69 Å². The van der Waals surface area contributed by atoms with Crippen LogP contribution in [-0.2, 0) is 9.53 Å². The van der Waals surface area contributed by atoms with Crippen molar-refractivity contribution in [2.75, 3.05) is 50.8 Å². The minimum absolute atomic E-state index is 0.00403. The first-order valence-corrected chi connectivity index (χ1v) is 8.69. The van der Waals surface area contributed by atoms with Gasteiger partial charge in [0.2, 0.25) is 5.91 Å². The number of carbonyl (C=O) groups excluding carboxylic acids is 1. The van der Waals surface area contributed by atoms with Crippen LogP contribution in [0.3, 0.4) is 0 Å². The zero-order valence-corrected chi connectivity index (χ0v) is 14.4. The molecule has 5 nitrogen and oxygen atoms in total. The van der Waals surface area contributed by atoms with Crippen molar-refractivity contribution < 1.29 is 9.53 Å². The SMILES string of the molecule is O=C(C[C@@H]1CNCCO1)N1CCN(c2ccc(Cl)c(Cl)c2)CC1. The lowest BCUT2D eigenvalue weighted by Gasteiger charge is -2.37. The quantitative estimate of drug-likeness (QED) is 0.898. The normalized spacial score (nSPS) is 22.3. The number of benzene rings is 1. The highest BCUT2D eigenvalue weighted by molar-refractivity contribution is 6.42. The van der Waals surface area contributed by atoms with Crippen LogP contribution in [0.2, 0.25) is 10.0 Å². The van der Waals surface area contributed by atoms with E-state index < -0.39 is 0 Å². The van der Waals surface area contributed by atoms with Gasteiger partial charge in [0.25, 0.3) is 0 Å². The number of morpholine rings is 1. The molecule has 2 aliphatic heterocycles. The molecule has 1 amide bonds. The standard InChI is InChI=1S/C16H21Cl2N3O2/c17-14-2-1-12(9-15(14)18)20-4-6-21(7-5-20)16(22)10-13-11-19-3-8-23-13/h1-2,9,13,19H,3-8,10-11H2/t13-/m1/s1. The van der Waals surface area contributed by atoms with E-state index in [0.717, 1.165) is 45.0 Å². The van der Waals surface area contributed by atoms with E-state index in [2.05, 4.69) is 10.2 Å². The maximum absolute atomic E-state index is 12.4. The van der Waals surface area contributed by atoms with Crippen molar-refractivity contribution >= 4 is 34.8 Å². The number of nitrogens with zero attached hydrogens (tertiary/aromatic N) is 2. The Bertz CT molecular complexity index is 556. The molecule has 0 unspecified atom stereocenters. The van der Waals surface area contributed by atoms with E-state index in [1.807, 2.05) is 23.1 Å². The second kappa shape index (κ2) is 7.71. The molecule has 0 aromatic heterocycles. The maximum Gasteiger partial charge on any atom is 0.225 e. The van der Waals surface area contributed by atoms with Crippen molar-refractivity contribution in [3.63, 3.8) is 0 Å². The molecular weight excluding hydrogens is 337 g/mol. The Morgan fingerprint density at radius 1 is 1.22 bits per heavy atom. The van der Waals surface area contributed by atoms with Crippen LogP contribution in [0.1, 0.15) is 6.42 Å². The van der Waals surface area contributed by atoms with Crippen LogP contribution >= 0.6 is 23.2 Å². The third kappa shape index (κ3) is 4.29. The van der Waals surface area contributed by atoms with Gasteiger partial charge in [-0.25, -0.2) is 0 Å². The van der Waals surface area contributed by atoms with E-state index in [-0.39, 0.29) is 12.0 Å². The molecule has 0 bridgehead atoms. The average Bonchev–Trinajstić information content (AvgIpc) is 2.58. The van der Waals surface area contributed by atoms with Gasteiger partial charge in [0, 0.05) is 45.0 Å². The van der Waals surface area contributed by atoms with Gasteiger partial charge in [-0.05, 0) is 18.2 Å². The molecule has 3 rings (SSSR count). The molecule has 2 fully saturated rings. The van der Waals surface area contributed by atoms with Gasteiger partial charge in [-0.3, -0.25) is 4.79 Å². The van der Waals surface area contributed by atoms with Crippen molar-refractivity contribution in [1.82, 2.24) is 10.2 Å². The lowest BCUT2D eigenvalue weighted by atomic mass is 10.2. The molecule has 7 heteroatoms. The number of nitrogens with one attached hydrogen (secondary N) is 1. The molecule has 2 aliphatic rings. The molecule has 0 aliphatic carbocycles. The van der Waals surface area contributed by atoms with Gasteiger partial charge in [0.05, 0.1) is 29.2 Å². The van der Waals surface area contributed by atoms with Crippen molar-refractivity contribution in [2.24, 2.45) is 0 Å². The molecule has 23 heavy (non-hydrogen) atoms. The Morgan fingerprint density at radius 3 is 2.65 bits per heavy atom. The average molecular weight is 358 g/mol. The Balaban J connectivity index is 1.51. The number of amides is 1. The lowest BCUT2D eigenvalue weighted by molar-refractivity contribution is -0.135. The molecule has 126 valence electrons. The number of rotatable bonds is 3. The summed E-state index contributed by atoms with van der Waals surface area (Å²) in [7, 11) is 0. The van der Waals surface area contributed by atoms with Gasteiger partial charge in [-0.1, -0.05) is 23.2 Å². The summed E-state index contributed by atoms with van der Waals surface area (Å²) < 4.78 is 5.61. The van der Waals surface area contributed by atoms with Gasteiger partial charge in [0.1, 0.15) is 0 Å². The Hall–Kier alpha value is -1.01. The molecule has 2 saturated heterocycles. The summed E-state index contributed by atoms with van der Waals surface area (Å²) in [6, 6.07) is 5.65. The number of hydrogen-bond donors (Lipinski definition) is 1. The Morgan fingerprint density at radius 2 is 2.00 bits per heavy atom. The second-order valence-corrected chi connectivity index (χ2v) is 6.68. The molecule has 1 N–H and O–H groups in total. The summed E-state index contributed by atoms with van der Waals surface area (Å²) in [5.74, 6) is 0.174. The molecule has 1 aromatic carbocycles. The molecule has 0 saturated carbocycles. The second-order valence-electron chi connectivity index (χ2n) is 5.87. The number of anilines is 1. The summed E-state index contributed by atoms with van der Waals surface area (Å²) in [6.45, 7) is 5.35. The van der Waals surface area contributed by atoms with E-state index in [9.17, 15) is 4.79 Å². The third-order valence-corrected chi connectivity index (χ3v) is 5.05. The van der Waals surface area contributed by atoms with Crippen LogP contribution in [0.15, 0.2) is 18.2 Å². The highest BCUT2D eigenvalue weighted by Gasteiger charge is 2.25. The van der Waals surface area contributed by atoms with Crippen molar-refractivity contribution in [2.45, 2.75) is 12.5 Å². The zero-order valence-electron chi connectivity index (χ0n) is 12.9. The fourth-order valence-corrected chi connectivity index (χ4v) is 3.26. The van der Waals surface area contributed by atoms with Crippen LogP contribution in [-0.4, -0.2) is 62.8 Å². The first kappa shape index (κ1) is 16.8. The molecule has 0 radical (unpaired) electrons. The van der Waals surface area contributed by atoms with Crippen LogP contribution in [0.25, 0.3) is 0 Å². The summed E-state index contributed by atoms with van der Waals surface area (Å²) in [4.78, 5) is 16.5. The van der Waals surface area contributed by atoms with Crippen molar-refractivity contribution in [3.05, 3.63) is 28.2 Å². The predicted octanol–water partition coefficient (Wildman–Crippen LogP) is 2.02. The largest absolute Gasteiger partial charge is 0.375 e. The van der Waals surface area contributed by atoms with E-state index in [4.69, 9.17) is 27.9 Å². The number of halogens is 2. The van der Waals surface area contributed by atoms with E-state index in [1.54, 1.807) is 0 Å². The number of piperazine rings is 1. The molecule has 1 atom stereocenters. The first-order valence-electron chi connectivity index (χ1n) is 7.93. The first-order chi connectivity index (χ1) is 11.1. The Labute approximate surface area is 146 Å². The Kier molecular flexibility index (Phi) is 5.64. The van der Waals surface area contributed by atoms with Crippen LogP contribution in [0, 0.1) is 0 Å². The fourth-order valence-electron chi connectivity index (χ4n) is 2.97. The highest BCUT2D eigenvalue weighted by Crippen LogP contribution is 2.27. The van der Waals surface area contributed by atoms with Gasteiger partial charge in [-0.2, -0.15) is 0 Å². The highest BCUT2D eigenvalue weighted by atomic mass is 35.5. The smallest absolute Gasteiger partial charge is 0.225 e. The summed E-state index contributed by atoms with van der Waals surface area (Å²) in [5, 5.41) is 4.37. The fraction of sp³-hybridized carbons (Fsp3) is 0.562. The van der Waals surface area contributed by atoms with Crippen molar-refractivity contribution in [1.29, 1.82) is 0 Å². The van der Waals surface area contributed by atoms with Crippen LogP contribution in [0.5, 0.6) is 0 Å². The minimum atomic E-state index is 0.00403. The molecule has 2 heterocycles. The van der Waals surface area contributed by atoms with E-state index in [1.165, 1.54) is 0 Å². The number of carbonyl (C=O) groups is 1. The van der Waals surface area contributed by atoms with Crippen molar-refractivity contribution in [3.8, 4) is 0 Å². The van der Waals surface area contributed by atoms with Crippen LogP contribution < -0.4 is 10.2 Å². The number of hydrogen-bond acceptors (Lipinski definition) is 4. The molecular formula is C16H21Cl2N3O2. The monoisotopic (exact) mass is 357 g/mol.